The summed E-state index contributed by atoms with van der Waals surface area (Å²) in [5, 5.41) is 2.88. The molecule has 1 amide bonds. The molecule has 0 spiro atoms. The highest BCUT2D eigenvalue weighted by Crippen LogP contribution is 2.35. The molecule has 1 aliphatic rings. The van der Waals surface area contributed by atoms with E-state index in [1.54, 1.807) is 7.11 Å². The number of nitrogens with one attached hydrogen (secondary N) is 1. The van der Waals surface area contributed by atoms with Crippen molar-refractivity contribution >= 4 is 5.91 Å². The molecule has 0 radical (unpaired) electrons. The van der Waals surface area contributed by atoms with E-state index in [0.29, 0.717) is 18.7 Å². The van der Waals surface area contributed by atoms with E-state index < -0.39 is 0 Å². The number of carbonyl (C=O) groups excluding carboxylic acids is 1. The lowest BCUT2D eigenvalue weighted by Gasteiger charge is -2.21. The fourth-order valence-electron chi connectivity index (χ4n) is 4.16. The number of rotatable bonds is 6. The number of nitrogens with zero attached hydrogens (tertiary/aromatic N) is 1. The zero-order chi connectivity index (χ0) is 20.2. The summed E-state index contributed by atoms with van der Waals surface area (Å²) in [6, 6.07) is 20.8. The van der Waals surface area contributed by atoms with Crippen LogP contribution in [-0.4, -0.2) is 30.7 Å². The summed E-state index contributed by atoms with van der Waals surface area (Å²) in [5.74, 6) is 0.653. The van der Waals surface area contributed by atoms with Gasteiger partial charge >= 0.3 is 0 Å². The third-order valence-electron chi connectivity index (χ3n) is 5.68. The number of carbonyl (C=O) groups is 1. The summed E-state index contributed by atoms with van der Waals surface area (Å²) in [6.07, 6.45) is 3.43. The van der Waals surface area contributed by atoms with Crippen LogP contribution in [0.4, 0.5) is 0 Å². The second-order valence-corrected chi connectivity index (χ2v) is 7.85. The molecule has 0 aliphatic heterocycles. The lowest BCUT2D eigenvalue weighted by Crippen LogP contribution is -2.26. The number of benzene rings is 2. The van der Waals surface area contributed by atoms with Gasteiger partial charge in [-0.1, -0.05) is 37.3 Å². The lowest BCUT2D eigenvalue weighted by atomic mass is 9.89. The van der Waals surface area contributed by atoms with Crippen molar-refractivity contribution in [3.8, 4) is 16.9 Å². The SMILES string of the molecule is COCCNC(=O)c1ccc(-n2c(-c3ccccc3)cc3c2CC[C@H](C)C3)cc1. The van der Waals surface area contributed by atoms with Gasteiger partial charge in [0.15, 0.2) is 0 Å². The fourth-order valence-corrected chi connectivity index (χ4v) is 4.16. The van der Waals surface area contributed by atoms with Gasteiger partial charge in [0.2, 0.25) is 0 Å². The summed E-state index contributed by atoms with van der Waals surface area (Å²) >= 11 is 0. The highest BCUT2D eigenvalue weighted by Gasteiger charge is 2.23. The Kier molecular flexibility index (Phi) is 5.81. The van der Waals surface area contributed by atoms with Gasteiger partial charge < -0.3 is 14.6 Å². The second kappa shape index (κ2) is 8.66. The molecule has 2 aromatic carbocycles. The van der Waals surface area contributed by atoms with Crippen LogP contribution in [-0.2, 0) is 17.6 Å². The van der Waals surface area contributed by atoms with E-state index in [0.717, 1.165) is 24.4 Å². The first-order valence-corrected chi connectivity index (χ1v) is 10.3. The molecule has 1 aliphatic carbocycles. The Morgan fingerprint density at radius 2 is 1.90 bits per heavy atom. The Morgan fingerprint density at radius 3 is 2.62 bits per heavy atom. The second-order valence-electron chi connectivity index (χ2n) is 7.85. The van der Waals surface area contributed by atoms with Crippen molar-refractivity contribution in [1.29, 1.82) is 0 Å². The predicted molar refractivity (Wildman–Crippen MR) is 117 cm³/mol. The number of hydrogen-bond acceptors (Lipinski definition) is 2. The first-order chi connectivity index (χ1) is 14.2. The molecule has 3 aromatic rings. The number of hydrogen-bond donors (Lipinski definition) is 1. The summed E-state index contributed by atoms with van der Waals surface area (Å²) in [6.45, 7) is 3.36. The minimum Gasteiger partial charge on any atom is -0.383 e. The molecule has 1 aromatic heterocycles. The Labute approximate surface area is 172 Å². The molecule has 150 valence electrons. The summed E-state index contributed by atoms with van der Waals surface area (Å²) in [5.41, 5.74) is 7.06. The number of amides is 1. The maximum absolute atomic E-state index is 12.3. The van der Waals surface area contributed by atoms with E-state index in [-0.39, 0.29) is 5.91 Å². The van der Waals surface area contributed by atoms with E-state index in [1.807, 2.05) is 12.1 Å². The third kappa shape index (κ3) is 4.13. The van der Waals surface area contributed by atoms with Crippen LogP contribution in [0.5, 0.6) is 0 Å². The molecule has 0 unspecified atom stereocenters. The Balaban J connectivity index is 1.70. The van der Waals surface area contributed by atoms with Gasteiger partial charge in [-0.15, -0.1) is 0 Å². The van der Waals surface area contributed by atoms with Crippen molar-refractivity contribution < 1.29 is 9.53 Å². The van der Waals surface area contributed by atoms with E-state index in [1.165, 1.54) is 28.9 Å². The number of fused-ring (bicyclic) bond motifs is 1. The average Bonchev–Trinajstić information content (AvgIpc) is 3.13. The molecule has 0 bridgehead atoms. The maximum atomic E-state index is 12.3. The number of aromatic nitrogens is 1. The third-order valence-corrected chi connectivity index (χ3v) is 5.68. The minimum absolute atomic E-state index is 0.0692. The molecule has 0 saturated carbocycles. The smallest absolute Gasteiger partial charge is 0.251 e. The zero-order valence-electron chi connectivity index (χ0n) is 17.2. The highest BCUT2D eigenvalue weighted by atomic mass is 16.5. The topological polar surface area (TPSA) is 43.3 Å². The fraction of sp³-hybridized carbons (Fsp3) is 0.320. The first-order valence-electron chi connectivity index (χ1n) is 10.3. The summed E-state index contributed by atoms with van der Waals surface area (Å²) in [7, 11) is 1.63. The number of ether oxygens (including phenoxy) is 1. The lowest BCUT2D eigenvalue weighted by molar-refractivity contribution is 0.0937. The van der Waals surface area contributed by atoms with Crippen molar-refractivity contribution in [2.45, 2.75) is 26.2 Å². The van der Waals surface area contributed by atoms with Crippen LogP contribution in [0.25, 0.3) is 16.9 Å². The van der Waals surface area contributed by atoms with Crippen molar-refractivity contribution in [3.63, 3.8) is 0 Å². The minimum atomic E-state index is -0.0692. The van der Waals surface area contributed by atoms with Crippen LogP contribution in [0, 0.1) is 5.92 Å². The van der Waals surface area contributed by atoms with Crippen molar-refractivity contribution in [1.82, 2.24) is 9.88 Å². The Bertz CT molecular complexity index is 974. The van der Waals surface area contributed by atoms with Crippen LogP contribution in [0.3, 0.4) is 0 Å². The molecule has 1 atom stereocenters. The van der Waals surface area contributed by atoms with Gasteiger partial charge in [-0.25, -0.2) is 0 Å². The van der Waals surface area contributed by atoms with Gasteiger partial charge in [0.05, 0.1) is 12.3 Å². The maximum Gasteiger partial charge on any atom is 0.251 e. The highest BCUT2D eigenvalue weighted by molar-refractivity contribution is 5.94. The monoisotopic (exact) mass is 388 g/mol. The van der Waals surface area contributed by atoms with Gasteiger partial charge in [0.25, 0.3) is 5.91 Å². The quantitative estimate of drug-likeness (QED) is 0.625. The van der Waals surface area contributed by atoms with Gasteiger partial charge in [-0.2, -0.15) is 0 Å². The van der Waals surface area contributed by atoms with Crippen molar-refractivity contribution in [2.75, 3.05) is 20.3 Å². The van der Waals surface area contributed by atoms with E-state index in [9.17, 15) is 4.79 Å². The largest absolute Gasteiger partial charge is 0.383 e. The van der Waals surface area contributed by atoms with Crippen LogP contribution >= 0.6 is 0 Å². The number of methoxy groups -OCH3 is 1. The molecule has 1 N–H and O–H groups in total. The van der Waals surface area contributed by atoms with E-state index >= 15 is 0 Å². The summed E-state index contributed by atoms with van der Waals surface area (Å²) < 4.78 is 7.37. The first kappa shape index (κ1) is 19.5. The molecule has 4 heteroatoms. The van der Waals surface area contributed by atoms with Crippen LogP contribution in [0.2, 0.25) is 0 Å². The molecule has 0 saturated heterocycles. The van der Waals surface area contributed by atoms with Gasteiger partial charge in [-0.05, 0) is 66.6 Å². The van der Waals surface area contributed by atoms with E-state index in [2.05, 4.69) is 65.3 Å². The van der Waals surface area contributed by atoms with Gasteiger partial charge in [0.1, 0.15) is 0 Å². The van der Waals surface area contributed by atoms with Crippen LogP contribution in [0.1, 0.15) is 35.0 Å². The van der Waals surface area contributed by atoms with Crippen LogP contribution < -0.4 is 5.32 Å². The van der Waals surface area contributed by atoms with Crippen molar-refractivity contribution in [2.24, 2.45) is 5.92 Å². The molecular formula is C25H28N2O2. The van der Waals surface area contributed by atoms with Crippen LogP contribution in [0.15, 0.2) is 60.7 Å². The Hall–Kier alpha value is -2.85. The normalized spacial score (nSPS) is 15.7. The van der Waals surface area contributed by atoms with Gasteiger partial charge in [-0.3, -0.25) is 4.79 Å². The molecular weight excluding hydrogens is 360 g/mol. The Morgan fingerprint density at radius 1 is 1.14 bits per heavy atom. The predicted octanol–water partition coefficient (Wildman–Crippen LogP) is 4.65. The molecule has 0 fully saturated rings. The molecule has 4 nitrogen and oxygen atoms in total. The summed E-state index contributed by atoms with van der Waals surface area (Å²) in [4.78, 5) is 12.3. The van der Waals surface area contributed by atoms with Gasteiger partial charge in [0, 0.05) is 30.6 Å². The van der Waals surface area contributed by atoms with Crippen molar-refractivity contribution in [3.05, 3.63) is 77.5 Å². The molecule has 1 heterocycles. The molecule has 4 rings (SSSR count). The van der Waals surface area contributed by atoms with E-state index in [4.69, 9.17) is 4.74 Å². The zero-order valence-corrected chi connectivity index (χ0v) is 17.2. The average molecular weight is 389 g/mol. The molecule has 29 heavy (non-hydrogen) atoms. The standard InChI is InChI=1S/C25H28N2O2/c1-18-8-13-23-21(16-18)17-24(19-6-4-3-5-7-19)27(23)22-11-9-20(10-12-22)25(28)26-14-15-29-2/h3-7,9-12,17-18H,8,13-16H2,1-2H3,(H,26,28)/t18-/m0/s1.